The molecule has 2 aromatic carbocycles. The predicted molar refractivity (Wildman–Crippen MR) is 111 cm³/mol. The molecule has 2 heterocycles. The van der Waals surface area contributed by atoms with Crippen molar-refractivity contribution in [3.05, 3.63) is 77.0 Å². The first-order valence-electron chi connectivity index (χ1n) is 9.34. The van der Waals surface area contributed by atoms with Crippen molar-refractivity contribution in [1.29, 1.82) is 0 Å². The van der Waals surface area contributed by atoms with E-state index in [1.807, 2.05) is 50.1 Å². The third-order valence-electron chi connectivity index (χ3n) is 5.69. The molecule has 0 atom stereocenters. The van der Waals surface area contributed by atoms with Gasteiger partial charge in [0.05, 0.1) is 12.3 Å². The Labute approximate surface area is 170 Å². The Morgan fingerprint density at radius 1 is 1.10 bits per heavy atom. The van der Waals surface area contributed by atoms with Gasteiger partial charge < -0.3 is 4.90 Å². The molecule has 7 heteroatoms. The first-order valence-corrected chi connectivity index (χ1v) is 10.9. The summed E-state index contributed by atoms with van der Waals surface area (Å²) in [5, 5.41) is 0. The smallest absolute Gasteiger partial charge is 0.268 e. The van der Waals surface area contributed by atoms with Gasteiger partial charge in [0, 0.05) is 35.5 Å². The van der Waals surface area contributed by atoms with Crippen LogP contribution in [0.1, 0.15) is 35.3 Å². The fourth-order valence-electron chi connectivity index (χ4n) is 4.16. The van der Waals surface area contributed by atoms with Crippen LogP contribution in [0.4, 0.5) is 5.69 Å². The molecule has 0 aromatic heterocycles. The number of likely N-dealkylation sites (N-methyl/N-ethyl adjacent to an activating group) is 1. The number of amides is 1. The van der Waals surface area contributed by atoms with E-state index in [0.29, 0.717) is 15.4 Å². The molecule has 4 rings (SSSR count). The first-order chi connectivity index (χ1) is 13.6. The summed E-state index contributed by atoms with van der Waals surface area (Å²) in [6.45, 7) is 3.54. The second kappa shape index (κ2) is 6.56. The van der Waals surface area contributed by atoms with Crippen LogP contribution < -0.4 is 4.90 Å². The zero-order valence-electron chi connectivity index (χ0n) is 16.5. The maximum atomic E-state index is 12.8. The van der Waals surface area contributed by atoms with Gasteiger partial charge in [-0.05, 0) is 23.3 Å². The van der Waals surface area contributed by atoms with Crippen molar-refractivity contribution in [2.75, 3.05) is 18.5 Å². The van der Waals surface area contributed by atoms with Gasteiger partial charge in [-0.1, -0.05) is 50.2 Å². The lowest BCUT2D eigenvalue weighted by molar-refractivity contribution is -0.114. The Hall–Kier alpha value is -2.93. The number of nitrogens with zero attached hydrogens (tertiary/aromatic N) is 2. The number of sulfonamides is 1. The molecular weight excluding hydrogens is 388 g/mol. The zero-order valence-corrected chi connectivity index (χ0v) is 17.4. The van der Waals surface area contributed by atoms with Crippen molar-refractivity contribution in [3.63, 3.8) is 0 Å². The minimum absolute atomic E-state index is 0.282. The van der Waals surface area contributed by atoms with Gasteiger partial charge in [0.15, 0.2) is 5.78 Å². The van der Waals surface area contributed by atoms with Crippen LogP contribution in [0, 0.1) is 0 Å². The summed E-state index contributed by atoms with van der Waals surface area (Å²) in [5.74, 6) is -1.36. The lowest BCUT2D eigenvalue weighted by atomic mass is 9.83. The highest BCUT2D eigenvalue weighted by Gasteiger charge is 2.40. The van der Waals surface area contributed by atoms with E-state index >= 15 is 0 Å². The van der Waals surface area contributed by atoms with Crippen molar-refractivity contribution in [3.8, 4) is 0 Å². The summed E-state index contributed by atoms with van der Waals surface area (Å²) >= 11 is 0. The Balaban J connectivity index is 1.65. The van der Waals surface area contributed by atoms with E-state index in [2.05, 4.69) is 0 Å². The third-order valence-corrected chi connectivity index (χ3v) is 7.33. The molecule has 2 aromatic rings. The van der Waals surface area contributed by atoms with Crippen molar-refractivity contribution >= 4 is 27.4 Å². The Kier molecular flexibility index (Phi) is 4.38. The fraction of sp³-hybridized carbons (Fsp3) is 0.273. The highest BCUT2D eigenvalue weighted by Crippen LogP contribution is 2.46. The minimum Gasteiger partial charge on any atom is -0.347 e. The summed E-state index contributed by atoms with van der Waals surface area (Å²) in [7, 11) is -2.01. The molecule has 0 aliphatic carbocycles. The molecule has 0 radical (unpaired) electrons. The summed E-state index contributed by atoms with van der Waals surface area (Å²) in [4.78, 5) is 27.5. The van der Waals surface area contributed by atoms with Crippen molar-refractivity contribution in [1.82, 2.24) is 4.31 Å². The molecule has 29 heavy (non-hydrogen) atoms. The molecule has 2 aliphatic heterocycles. The number of hydrogen-bond donors (Lipinski definition) is 0. The topological polar surface area (TPSA) is 74.8 Å². The average molecular weight is 410 g/mol. The third kappa shape index (κ3) is 3.06. The minimum atomic E-state index is -3.89. The Morgan fingerprint density at radius 3 is 2.48 bits per heavy atom. The summed E-state index contributed by atoms with van der Waals surface area (Å²) in [6.07, 6.45) is 1.46. The molecule has 150 valence electrons. The number of carbonyl (C=O) groups is 2. The molecule has 0 spiro atoms. The van der Waals surface area contributed by atoms with E-state index < -0.39 is 33.7 Å². The van der Waals surface area contributed by atoms with E-state index in [9.17, 15) is 18.0 Å². The first kappa shape index (κ1) is 19.4. The molecule has 2 aliphatic rings. The Bertz CT molecular complexity index is 1160. The largest absolute Gasteiger partial charge is 0.347 e. The molecule has 0 saturated heterocycles. The highest BCUT2D eigenvalue weighted by molar-refractivity contribution is 7.89. The number of carbonyl (C=O) groups excluding carboxylic acids is 2. The van der Waals surface area contributed by atoms with E-state index in [-0.39, 0.29) is 5.75 Å². The van der Waals surface area contributed by atoms with Gasteiger partial charge in [-0.25, -0.2) is 12.7 Å². The van der Waals surface area contributed by atoms with Gasteiger partial charge in [0.25, 0.3) is 5.91 Å². The lowest BCUT2D eigenvalue weighted by Gasteiger charge is -2.28. The molecule has 0 bridgehead atoms. The van der Waals surface area contributed by atoms with Gasteiger partial charge >= 0.3 is 0 Å². The number of anilines is 1. The monoisotopic (exact) mass is 410 g/mol. The lowest BCUT2D eigenvalue weighted by Crippen LogP contribution is -2.44. The van der Waals surface area contributed by atoms with Crippen LogP contribution in [0.15, 0.2) is 60.3 Å². The second-order valence-corrected chi connectivity index (χ2v) is 9.82. The molecule has 0 unspecified atom stereocenters. The number of para-hydroxylation sites is 1. The molecule has 6 nitrogen and oxygen atoms in total. The van der Waals surface area contributed by atoms with Gasteiger partial charge in [0.2, 0.25) is 10.0 Å². The molecule has 0 N–H and O–H groups in total. The van der Waals surface area contributed by atoms with Gasteiger partial charge in [-0.3, -0.25) is 9.59 Å². The zero-order chi connectivity index (χ0) is 21.0. The predicted octanol–water partition coefficient (Wildman–Crippen LogP) is 2.85. The summed E-state index contributed by atoms with van der Waals surface area (Å²) < 4.78 is 25.9. The number of allylic oxidation sites excluding steroid dienone is 1. The fourth-order valence-corrected chi connectivity index (χ4v) is 5.63. The standard InChI is InChI=1S/C22H22N2O4S/c1-22(2)18-10-6-7-11-19(18)23(3)20(22)12-16(25)13-24-21(26)17-9-5-4-8-15(17)14-29(24,27)28/h4-12H,13-14H2,1-3H3. The van der Waals surface area contributed by atoms with Crippen LogP contribution in [0.3, 0.4) is 0 Å². The van der Waals surface area contributed by atoms with Crippen LogP contribution in [-0.4, -0.2) is 38.0 Å². The maximum Gasteiger partial charge on any atom is 0.268 e. The van der Waals surface area contributed by atoms with Crippen molar-refractivity contribution in [2.24, 2.45) is 0 Å². The van der Waals surface area contributed by atoms with Gasteiger partial charge in [0.1, 0.15) is 0 Å². The van der Waals surface area contributed by atoms with Crippen LogP contribution in [0.2, 0.25) is 0 Å². The summed E-state index contributed by atoms with van der Waals surface area (Å²) in [5.41, 5.74) is 3.26. The molecule has 0 saturated carbocycles. The molecular formula is C22H22N2O4S. The van der Waals surface area contributed by atoms with Crippen molar-refractivity contribution < 1.29 is 18.0 Å². The SMILES string of the molecule is CN1C(=CC(=O)CN2C(=O)c3ccccc3CS2(=O)=O)C(C)(C)c2ccccc21. The number of ketones is 1. The quantitative estimate of drug-likeness (QED) is 0.728. The van der Waals surface area contributed by atoms with Crippen LogP contribution >= 0.6 is 0 Å². The molecule has 0 fully saturated rings. The highest BCUT2D eigenvalue weighted by atomic mass is 32.2. The van der Waals surface area contributed by atoms with Gasteiger partial charge in [-0.15, -0.1) is 0 Å². The maximum absolute atomic E-state index is 12.8. The molecule has 1 amide bonds. The second-order valence-electron chi connectivity index (χ2n) is 7.92. The van der Waals surface area contributed by atoms with Crippen LogP contribution in [0.25, 0.3) is 0 Å². The Morgan fingerprint density at radius 2 is 1.76 bits per heavy atom. The number of fused-ring (bicyclic) bond motifs is 2. The number of hydrogen-bond acceptors (Lipinski definition) is 5. The number of rotatable bonds is 3. The van der Waals surface area contributed by atoms with Crippen LogP contribution in [-0.2, 0) is 26.0 Å². The van der Waals surface area contributed by atoms with E-state index in [1.165, 1.54) is 6.08 Å². The van der Waals surface area contributed by atoms with Gasteiger partial charge in [-0.2, -0.15) is 0 Å². The normalized spacial score (nSPS) is 20.5. The van der Waals surface area contributed by atoms with E-state index in [1.54, 1.807) is 24.3 Å². The summed E-state index contributed by atoms with van der Waals surface area (Å²) in [6, 6.07) is 14.5. The average Bonchev–Trinajstić information content (AvgIpc) is 2.86. The van der Waals surface area contributed by atoms with Crippen LogP contribution in [0.5, 0.6) is 0 Å². The number of benzene rings is 2. The van der Waals surface area contributed by atoms with Crippen molar-refractivity contribution in [2.45, 2.75) is 25.0 Å². The van der Waals surface area contributed by atoms with E-state index in [4.69, 9.17) is 0 Å². The van der Waals surface area contributed by atoms with E-state index in [0.717, 1.165) is 16.9 Å².